The topological polar surface area (TPSA) is 148 Å². The molecule has 0 aromatic rings. The lowest BCUT2D eigenvalue weighted by atomic mass is 9.66. The fourth-order valence-electron chi connectivity index (χ4n) is 12.4. The van der Waals surface area contributed by atoms with E-state index in [0.29, 0.717) is 49.2 Å². The first-order valence-electron chi connectivity index (χ1n) is 22.8. The second-order valence-electron chi connectivity index (χ2n) is 18.7. The summed E-state index contributed by atoms with van der Waals surface area (Å²) in [5.41, 5.74) is 10.2. The van der Waals surface area contributed by atoms with E-state index in [4.69, 9.17) is 15.2 Å². The highest BCUT2D eigenvalue weighted by Crippen LogP contribution is 2.48. The Bertz CT molecular complexity index is 1380. The van der Waals surface area contributed by atoms with Crippen LogP contribution in [0.3, 0.4) is 0 Å². The molecule has 0 bridgehead atoms. The van der Waals surface area contributed by atoms with Crippen LogP contribution in [0, 0.1) is 41.4 Å². The molecule has 7 rings (SSSR count). The van der Waals surface area contributed by atoms with Crippen LogP contribution < -0.4 is 11.1 Å². The van der Waals surface area contributed by atoms with E-state index in [0.717, 1.165) is 89.6 Å². The summed E-state index contributed by atoms with van der Waals surface area (Å²) >= 11 is 0. The summed E-state index contributed by atoms with van der Waals surface area (Å²) in [7, 11) is 0. The van der Waals surface area contributed by atoms with Gasteiger partial charge in [0, 0.05) is 25.7 Å². The van der Waals surface area contributed by atoms with Crippen LogP contribution in [0.25, 0.3) is 0 Å². The van der Waals surface area contributed by atoms with Crippen LogP contribution in [-0.4, -0.2) is 77.2 Å². The van der Waals surface area contributed by atoms with E-state index in [1.807, 2.05) is 5.57 Å². The maximum absolute atomic E-state index is 13.5. The van der Waals surface area contributed by atoms with Crippen LogP contribution >= 0.6 is 0 Å². The third-order valence-electron chi connectivity index (χ3n) is 15.4. The van der Waals surface area contributed by atoms with Crippen molar-refractivity contribution in [2.45, 2.75) is 191 Å². The van der Waals surface area contributed by atoms with E-state index in [1.54, 1.807) is 5.57 Å². The highest BCUT2D eigenvalue weighted by molar-refractivity contribution is 6.10. The Kier molecular flexibility index (Phi) is 14.2. The van der Waals surface area contributed by atoms with Crippen LogP contribution in [-0.2, 0) is 28.7 Å². The molecule has 7 unspecified atom stereocenters. The molecule has 10 heteroatoms. The van der Waals surface area contributed by atoms with Gasteiger partial charge in [0.15, 0.2) is 0 Å². The number of likely N-dealkylation sites (tertiary alicyclic amines) is 1. The number of nitrogens with zero attached hydrogens (tertiary/aromatic N) is 1. The average Bonchev–Trinajstić information content (AvgIpc) is 3.44. The molecule has 5 aliphatic carbocycles. The monoisotopic (exact) mass is 766 g/mol. The van der Waals surface area contributed by atoms with Gasteiger partial charge in [-0.2, -0.15) is 0 Å². The molecule has 7 aliphatic rings. The Labute approximate surface area is 329 Å². The number of hydrogen-bond acceptors (Lipinski definition) is 8. The number of unbranched alkanes of at least 4 members (excludes halogenated alkanes) is 1. The molecule has 0 aromatic carbocycles. The van der Waals surface area contributed by atoms with Gasteiger partial charge in [-0.3, -0.25) is 29.4 Å². The zero-order valence-corrected chi connectivity index (χ0v) is 33.7. The second kappa shape index (κ2) is 19.1. The normalized spacial score (nSPS) is 38.5. The number of piperidine rings is 1. The predicted molar refractivity (Wildman–Crippen MR) is 210 cm³/mol. The van der Waals surface area contributed by atoms with Crippen molar-refractivity contribution in [1.29, 1.82) is 0 Å². The van der Waals surface area contributed by atoms with Crippen LogP contribution in [0.4, 0.5) is 0 Å². The highest BCUT2D eigenvalue weighted by atomic mass is 16.5. The van der Waals surface area contributed by atoms with Gasteiger partial charge in [-0.05, 0) is 158 Å². The summed E-state index contributed by atoms with van der Waals surface area (Å²) in [4.78, 5) is 52.2. The number of aliphatic hydroxyl groups excluding tert-OH is 1. The standard InChI is InChI=1S/C45H71N3O7/c1-2-35(28-8-4-3-5-9-28)42(29-10-16-33(49)17-11-29)30-12-18-34(19-13-30)54-24-6-7-25-55-40-27-32(15-21-38(40)46)31-14-20-36-37(26-31)45(53)48(44(36)52)39-22-23-41(50)47-43(39)51/h28-34,36-40,49H,2-27,46H2,1H3,(H,47,50,51)/b42-35-. The number of nitrogens with one attached hydrogen (secondary N) is 1. The molecule has 2 heterocycles. The number of fused-ring (bicyclic) bond motifs is 1. The number of carbonyl (C=O) groups excluding carboxylic acids is 4. The summed E-state index contributed by atoms with van der Waals surface area (Å²) in [5.74, 6) is 0.839. The van der Waals surface area contributed by atoms with Gasteiger partial charge in [0.2, 0.25) is 23.6 Å². The van der Waals surface area contributed by atoms with E-state index < -0.39 is 11.9 Å². The van der Waals surface area contributed by atoms with E-state index >= 15 is 0 Å². The predicted octanol–water partition coefficient (Wildman–Crippen LogP) is 6.90. The van der Waals surface area contributed by atoms with Crippen molar-refractivity contribution in [1.82, 2.24) is 10.2 Å². The van der Waals surface area contributed by atoms with E-state index in [-0.39, 0.29) is 60.6 Å². The third kappa shape index (κ3) is 9.60. The van der Waals surface area contributed by atoms with Crippen LogP contribution in [0.5, 0.6) is 0 Å². The third-order valence-corrected chi connectivity index (χ3v) is 15.4. The molecule has 7 atom stereocenters. The summed E-state index contributed by atoms with van der Waals surface area (Å²) in [6, 6.07) is -0.850. The molecular weight excluding hydrogens is 695 g/mol. The zero-order valence-electron chi connectivity index (χ0n) is 33.7. The van der Waals surface area contributed by atoms with Crippen LogP contribution in [0.2, 0.25) is 0 Å². The molecule has 4 N–H and O–H groups in total. The molecule has 55 heavy (non-hydrogen) atoms. The van der Waals surface area contributed by atoms with Gasteiger partial charge in [-0.25, -0.2) is 0 Å². The number of amides is 4. The Morgan fingerprint density at radius 3 is 2.04 bits per heavy atom. The fraction of sp³-hybridized carbons (Fsp3) is 0.867. The molecule has 10 nitrogen and oxygen atoms in total. The molecule has 0 spiro atoms. The van der Waals surface area contributed by atoms with E-state index in [1.165, 1.54) is 56.3 Å². The lowest BCUT2D eigenvalue weighted by Gasteiger charge is -2.41. The molecule has 5 saturated carbocycles. The molecule has 0 radical (unpaired) electrons. The van der Waals surface area contributed by atoms with Crippen molar-refractivity contribution in [3.8, 4) is 0 Å². The van der Waals surface area contributed by atoms with Crippen molar-refractivity contribution >= 4 is 23.6 Å². The molecule has 308 valence electrons. The van der Waals surface area contributed by atoms with Crippen molar-refractivity contribution in [2.75, 3.05) is 13.2 Å². The van der Waals surface area contributed by atoms with Crippen LogP contribution in [0.15, 0.2) is 11.1 Å². The van der Waals surface area contributed by atoms with Crippen molar-refractivity contribution in [3.63, 3.8) is 0 Å². The molecule has 2 aliphatic heterocycles. The number of aliphatic hydroxyl groups is 1. The average molecular weight is 766 g/mol. The highest BCUT2D eigenvalue weighted by Gasteiger charge is 2.54. The fourth-order valence-corrected chi connectivity index (χ4v) is 12.4. The van der Waals surface area contributed by atoms with Crippen molar-refractivity contribution in [2.24, 2.45) is 47.2 Å². The molecule has 4 amide bonds. The smallest absolute Gasteiger partial charge is 0.249 e. The number of carbonyl (C=O) groups is 4. The second-order valence-corrected chi connectivity index (χ2v) is 18.7. The Morgan fingerprint density at radius 2 is 1.35 bits per heavy atom. The number of rotatable bonds is 13. The molecule has 0 aromatic heterocycles. The van der Waals surface area contributed by atoms with Crippen molar-refractivity contribution < 1.29 is 33.8 Å². The molecule has 2 saturated heterocycles. The maximum atomic E-state index is 13.5. The summed E-state index contributed by atoms with van der Waals surface area (Å²) < 4.78 is 12.9. The molecule has 7 fully saturated rings. The number of hydrogen-bond donors (Lipinski definition) is 3. The number of nitrogens with two attached hydrogens (primary N) is 1. The molecular formula is C45H71N3O7. The quantitative estimate of drug-likeness (QED) is 0.104. The summed E-state index contributed by atoms with van der Waals surface area (Å²) in [5, 5.41) is 12.6. The number of ether oxygens (including phenoxy) is 2. The Morgan fingerprint density at radius 1 is 0.709 bits per heavy atom. The maximum Gasteiger partial charge on any atom is 0.249 e. The first-order valence-corrected chi connectivity index (χ1v) is 22.8. The lowest BCUT2D eigenvalue weighted by Crippen LogP contribution is -2.54. The van der Waals surface area contributed by atoms with Gasteiger partial charge in [-0.1, -0.05) is 37.3 Å². The zero-order chi connectivity index (χ0) is 38.5. The van der Waals surface area contributed by atoms with E-state index in [9.17, 15) is 24.3 Å². The minimum absolute atomic E-state index is 0.00449. The minimum Gasteiger partial charge on any atom is -0.393 e. The van der Waals surface area contributed by atoms with Gasteiger partial charge < -0.3 is 20.3 Å². The van der Waals surface area contributed by atoms with Gasteiger partial charge in [0.1, 0.15) is 6.04 Å². The number of allylic oxidation sites excluding steroid dienone is 2. The number of imide groups is 2. The van der Waals surface area contributed by atoms with Crippen LogP contribution in [0.1, 0.15) is 161 Å². The van der Waals surface area contributed by atoms with Gasteiger partial charge in [0.05, 0.1) is 30.1 Å². The van der Waals surface area contributed by atoms with Gasteiger partial charge in [0.25, 0.3) is 0 Å². The minimum atomic E-state index is -0.865. The first-order chi connectivity index (χ1) is 26.7. The largest absolute Gasteiger partial charge is 0.393 e. The van der Waals surface area contributed by atoms with Crippen molar-refractivity contribution in [3.05, 3.63) is 11.1 Å². The Hall–Kier alpha value is -2.14. The summed E-state index contributed by atoms with van der Waals surface area (Å²) in [6.07, 6.45) is 24.7. The Balaban J connectivity index is 0.827. The lowest BCUT2D eigenvalue weighted by molar-refractivity contribution is -0.151. The van der Waals surface area contributed by atoms with Gasteiger partial charge >= 0.3 is 0 Å². The first kappa shape index (κ1) is 41.0. The summed E-state index contributed by atoms with van der Waals surface area (Å²) in [6.45, 7) is 3.85. The van der Waals surface area contributed by atoms with Gasteiger partial charge in [-0.15, -0.1) is 0 Å². The SMILES string of the molecule is CC/C(=C(\C1CCC(O)CC1)C1CCC(OCCCCOC2CC(C3CCC4C(=O)N(C5CCC(=O)NC5=O)C(=O)C4C3)CCC2N)CC1)C1CCCCC1. The van der Waals surface area contributed by atoms with E-state index in [2.05, 4.69) is 12.2 Å².